The third-order valence-corrected chi connectivity index (χ3v) is 3.18. The molecule has 0 aromatic carbocycles. The second kappa shape index (κ2) is 3.44. The van der Waals surface area contributed by atoms with Crippen LogP contribution < -0.4 is 0 Å². The third-order valence-electron chi connectivity index (χ3n) is 1.94. The molecule has 0 aromatic heterocycles. The Morgan fingerprint density at radius 3 is 1.45 bits per heavy atom. The quantitative estimate of drug-likeness (QED) is 0.531. The van der Waals surface area contributed by atoms with Crippen LogP contribution in [-0.2, 0) is 0 Å². The first kappa shape index (κ1) is 11.4. The topological polar surface area (TPSA) is 0 Å². The fourth-order valence-electron chi connectivity index (χ4n) is 0.966. The normalized spacial score (nSPS) is 16.6. The van der Waals surface area contributed by atoms with Crippen molar-refractivity contribution < 1.29 is 0 Å². The van der Waals surface area contributed by atoms with Gasteiger partial charge in [0.25, 0.3) is 0 Å². The van der Waals surface area contributed by atoms with Crippen molar-refractivity contribution in [2.24, 2.45) is 10.8 Å². The van der Waals surface area contributed by atoms with E-state index in [0.29, 0.717) is 10.8 Å². The summed E-state index contributed by atoms with van der Waals surface area (Å²) in [6.45, 7) is 13.8. The molecular weight excluding hydrogens is 151 g/mol. The molecule has 2 unspecified atom stereocenters. The molecule has 0 nitrogen and oxygen atoms in total. The summed E-state index contributed by atoms with van der Waals surface area (Å²) in [5.41, 5.74) is 1.61. The van der Waals surface area contributed by atoms with Crippen LogP contribution in [0.3, 0.4) is 0 Å². The molecule has 0 spiro atoms. The van der Waals surface area contributed by atoms with Gasteiger partial charge in [-0.2, -0.15) is 0 Å². The summed E-state index contributed by atoms with van der Waals surface area (Å²) in [7, 11) is 2.97. The summed E-state index contributed by atoms with van der Waals surface area (Å²) < 4.78 is 0. The van der Waals surface area contributed by atoms with Gasteiger partial charge in [-0.05, 0) is 22.9 Å². The molecule has 2 atom stereocenters. The minimum Gasteiger partial charge on any atom is -0.134 e. The average molecular weight is 174 g/mol. The number of rotatable bonds is 1. The van der Waals surface area contributed by atoms with Crippen LogP contribution in [0.2, 0.25) is 0 Å². The van der Waals surface area contributed by atoms with Gasteiger partial charge in [-0.3, -0.25) is 0 Å². The fourth-order valence-corrected chi connectivity index (χ4v) is 1.67. The molecular formula is C10H23P. The van der Waals surface area contributed by atoms with E-state index in [2.05, 4.69) is 50.8 Å². The lowest BCUT2D eigenvalue weighted by Crippen LogP contribution is -2.25. The van der Waals surface area contributed by atoms with Crippen molar-refractivity contribution in [2.45, 2.75) is 53.6 Å². The maximum absolute atomic E-state index is 2.97. The molecule has 0 aliphatic rings. The van der Waals surface area contributed by atoms with E-state index in [1.807, 2.05) is 0 Å². The van der Waals surface area contributed by atoms with Crippen molar-refractivity contribution >= 4 is 9.24 Å². The molecule has 68 valence electrons. The molecule has 11 heavy (non-hydrogen) atoms. The first-order valence-electron chi connectivity index (χ1n) is 4.38. The average Bonchev–Trinajstić information content (AvgIpc) is 1.56. The van der Waals surface area contributed by atoms with E-state index in [9.17, 15) is 0 Å². The zero-order chi connectivity index (χ0) is 9.28. The Bertz CT molecular complexity index is 114. The SMILES string of the molecule is CC(C)(C)CC(P)C(C)(C)C. The molecule has 0 saturated heterocycles. The summed E-state index contributed by atoms with van der Waals surface area (Å²) in [5, 5.41) is 0. The Hall–Kier alpha value is 0.430. The highest BCUT2D eigenvalue weighted by Crippen LogP contribution is 2.35. The van der Waals surface area contributed by atoms with Crippen molar-refractivity contribution in [1.29, 1.82) is 0 Å². The Labute approximate surface area is 74.4 Å². The Balaban J connectivity index is 3.99. The maximum Gasteiger partial charge on any atom is -0.0211 e. The van der Waals surface area contributed by atoms with Crippen LogP contribution in [0.15, 0.2) is 0 Å². The Morgan fingerprint density at radius 1 is 1.00 bits per heavy atom. The lowest BCUT2D eigenvalue weighted by atomic mass is 9.81. The van der Waals surface area contributed by atoms with Gasteiger partial charge < -0.3 is 0 Å². The van der Waals surface area contributed by atoms with E-state index in [1.165, 1.54) is 6.42 Å². The highest BCUT2D eigenvalue weighted by Gasteiger charge is 2.24. The molecule has 0 aliphatic carbocycles. The van der Waals surface area contributed by atoms with Crippen molar-refractivity contribution in [3.05, 3.63) is 0 Å². The lowest BCUT2D eigenvalue weighted by Gasteiger charge is -2.32. The predicted molar refractivity (Wildman–Crippen MR) is 57.0 cm³/mol. The van der Waals surface area contributed by atoms with Gasteiger partial charge in [0.2, 0.25) is 0 Å². The third kappa shape index (κ3) is 5.67. The molecule has 1 heteroatoms. The van der Waals surface area contributed by atoms with E-state index in [0.717, 1.165) is 5.66 Å². The number of hydrogen-bond donors (Lipinski definition) is 0. The molecule has 0 saturated carbocycles. The summed E-state index contributed by atoms with van der Waals surface area (Å²) in [6, 6.07) is 0. The molecule has 0 amide bonds. The van der Waals surface area contributed by atoms with Crippen LogP contribution in [-0.4, -0.2) is 5.66 Å². The second-order valence-electron chi connectivity index (χ2n) is 5.74. The predicted octanol–water partition coefficient (Wildman–Crippen LogP) is 3.71. The first-order valence-corrected chi connectivity index (χ1v) is 5.05. The van der Waals surface area contributed by atoms with Gasteiger partial charge in [0.1, 0.15) is 0 Å². The largest absolute Gasteiger partial charge is 0.134 e. The molecule has 0 aromatic rings. The molecule has 0 N–H and O–H groups in total. The van der Waals surface area contributed by atoms with Crippen LogP contribution in [0.1, 0.15) is 48.0 Å². The van der Waals surface area contributed by atoms with Gasteiger partial charge in [0.05, 0.1) is 0 Å². The van der Waals surface area contributed by atoms with Crippen molar-refractivity contribution in [1.82, 2.24) is 0 Å². The van der Waals surface area contributed by atoms with E-state index < -0.39 is 0 Å². The van der Waals surface area contributed by atoms with Gasteiger partial charge in [-0.1, -0.05) is 41.5 Å². The van der Waals surface area contributed by atoms with Gasteiger partial charge in [0, 0.05) is 0 Å². The van der Waals surface area contributed by atoms with Gasteiger partial charge in [0.15, 0.2) is 0 Å². The fraction of sp³-hybridized carbons (Fsp3) is 1.00. The monoisotopic (exact) mass is 174 g/mol. The zero-order valence-corrected chi connectivity index (χ0v) is 10.0. The first-order chi connectivity index (χ1) is 4.63. The van der Waals surface area contributed by atoms with E-state index in [1.54, 1.807) is 0 Å². The lowest BCUT2D eigenvalue weighted by molar-refractivity contribution is 0.286. The van der Waals surface area contributed by atoms with Crippen molar-refractivity contribution in [3.8, 4) is 0 Å². The zero-order valence-electron chi connectivity index (χ0n) is 8.86. The Morgan fingerprint density at radius 2 is 1.36 bits per heavy atom. The molecule has 0 aliphatic heterocycles. The Kier molecular flexibility index (Phi) is 3.57. The van der Waals surface area contributed by atoms with Crippen molar-refractivity contribution in [2.75, 3.05) is 0 Å². The molecule has 0 bridgehead atoms. The maximum atomic E-state index is 2.97. The summed E-state index contributed by atoms with van der Waals surface area (Å²) in [4.78, 5) is 0. The molecule has 0 rings (SSSR count). The van der Waals surface area contributed by atoms with Crippen LogP contribution in [0.5, 0.6) is 0 Å². The van der Waals surface area contributed by atoms with Crippen LogP contribution in [0, 0.1) is 10.8 Å². The summed E-state index contributed by atoms with van der Waals surface area (Å²) in [6.07, 6.45) is 1.28. The van der Waals surface area contributed by atoms with Crippen molar-refractivity contribution in [3.63, 3.8) is 0 Å². The van der Waals surface area contributed by atoms with E-state index in [-0.39, 0.29) is 0 Å². The molecule has 0 radical (unpaired) electrons. The van der Waals surface area contributed by atoms with Gasteiger partial charge in [-0.25, -0.2) is 0 Å². The van der Waals surface area contributed by atoms with Gasteiger partial charge >= 0.3 is 0 Å². The standard InChI is InChI=1S/C10H23P/c1-9(2,3)7-8(11)10(4,5)6/h8H,7,11H2,1-6H3. The highest BCUT2D eigenvalue weighted by atomic mass is 31.0. The van der Waals surface area contributed by atoms with E-state index in [4.69, 9.17) is 0 Å². The molecule has 0 heterocycles. The minimum absolute atomic E-state index is 0.429. The molecule has 0 fully saturated rings. The van der Waals surface area contributed by atoms with Gasteiger partial charge in [-0.15, -0.1) is 9.24 Å². The minimum atomic E-state index is 0.429. The summed E-state index contributed by atoms with van der Waals surface area (Å²) >= 11 is 0. The second-order valence-corrected chi connectivity index (χ2v) is 6.54. The smallest absolute Gasteiger partial charge is 0.0211 e. The van der Waals surface area contributed by atoms with Crippen LogP contribution in [0.4, 0.5) is 0 Å². The highest BCUT2D eigenvalue weighted by molar-refractivity contribution is 7.17. The van der Waals surface area contributed by atoms with Crippen LogP contribution >= 0.6 is 9.24 Å². The number of hydrogen-bond acceptors (Lipinski definition) is 0. The summed E-state index contributed by atoms with van der Waals surface area (Å²) in [5.74, 6) is 0. The van der Waals surface area contributed by atoms with E-state index >= 15 is 0 Å². The van der Waals surface area contributed by atoms with Crippen LogP contribution in [0.25, 0.3) is 0 Å².